The van der Waals surface area contributed by atoms with Crippen LogP contribution >= 0.6 is 11.3 Å². The van der Waals surface area contributed by atoms with Crippen LogP contribution in [0.4, 0.5) is 5.69 Å². The zero-order valence-corrected chi connectivity index (χ0v) is 21.2. The molecule has 1 N–H and O–H groups in total. The van der Waals surface area contributed by atoms with E-state index >= 15 is 0 Å². The van der Waals surface area contributed by atoms with Crippen LogP contribution in [-0.4, -0.2) is 41.4 Å². The Morgan fingerprint density at radius 2 is 1.95 bits per heavy atom. The number of phenolic OH excluding ortho intramolecular Hbond substituents is 1. The first kappa shape index (κ1) is 25.6. The maximum Gasteiger partial charge on any atom is 0.338 e. The summed E-state index contributed by atoms with van der Waals surface area (Å²) in [6.45, 7) is 3.52. The number of fused-ring (bicyclic) bond motifs is 1. The summed E-state index contributed by atoms with van der Waals surface area (Å²) < 4.78 is 17.2. The first-order valence-corrected chi connectivity index (χ1v) is 11.9. The molecule has 0 saturated carbocycles. The fraction of sp³-hybridized carbons (Fsp3) is 0.240. The van der Waals surface area contributed by atoms with E-state index in [1.54, 1.807) is 38.1 Å². The maximum absolute atomic E-state index is 13.7. The van der Waals surface area contributed by atoms with Crippen LogP contribution in [0, 0.1) is 10.1 Å². The van der Waals surface area contributed by atoms with Crippen LogP contribution in [0.2, 0.25) is 0 Å². The average molecular weight is 526 g/mol. The van der Waals surface area contributed by atoms with Crippen molar-refractivity contribution < 1.29 is 29.0 Å². The van der Waals surface area contributed by atoms with E-state index in [4.69, 9.17) is 14.2 Å². The first-order valence-electron chi connectivity index (χ1n) is 11.1. The lowest BCUT2D eigenvalue weighted by atomic mass is 9.96. The SMILES string of the molecule is CCOC(=O)C1=C(C)N=c2s/c(=C\c3cc(OC)c(O)c([N+](=O)[O-])c3)c(=O)n2[C@H]1c1ccc(OC)cc1. The van der Waals surface area contributed by atoms with Crippen LogP contribution in [0.25, 0.3) is 6.08 Å². The average Bonchev–Trinajstić information content (AvgIpc) is 3.18. The topological polar surface area (TPSA) is 142 Å². The number of aromatic nitrogens is 1. The second-order valence-electron chi connectivity index (χ2n) is 7.92. The third kappa shape index (κ3) is 4.70. The number of hydrogen-bond donors (Lipinski definition) is 1. The molecule has 2 aromatic carbocycles. The van der Waals surface area contributed by atoms with Crippen LogP contribution in [0.15, 0.2) is 57.5 Å². The van der Waals surface area contributed by atoms with E-state index in [0.29, 0.717) is 21.8 Å². The third-order valence-corrected chi connectivity index (χ3v) is 6.72. The van der Waals surface area contributed by atoms with Gasteiger partial charge in [-0.1, -0.05) is 23.5 Å². The number of ether oxygens (including phenoxy) is 3. The monoisotopic (exact) mass is 525 g/mol. The van der Waals surface area contributed by atoms with Gasteiger partial charge in [0.2, 0.25) is 5.75 Å². The molecule has 0 unspecified atom stereocenters. The van der Waals surface area contributed by atoms with Gasteiger partial charge in [0.1, 0.15) is 5.75 Å². The second kappa shape index (κ2) is 10.3. The number of nitro groups is 1. The second-order valence-corrected chi connectivity index (χ2v) is 8.93. The zero-order valence-electron chi connectivity index (χ0n) is 20.4. The van der Waals surface area contributed by atoms with E-state index in [-0.39, 0.29) is 28.0 Å². The van der Waals surface area contributed by atoms with Crippen LogP contribution in [0.1, 0.15) is 31.0 Å². The zero-order chi connectivity index (χ0) is 26.9. The van der Waals surface area contributed by atoms with Crippen molar-refractivity contribution in [3.8, 4) is 17.2 Å². The molecule has 1 aliphatic rings. The molecule has 1 aliphatic heterocycles. The van der Waals surface area contributed by atoms with Crippen molar-refractivity contribution in [3.63, 3.8) is 0 Å². The Morgan fingerprint density at radius 1 is 1.24 bits per heavy atom. The summed E-state index contributed by atoms with van der Waals surface area (Å²) in [5.74, 6) is -0.694. The third-order valence-electron chi connectivity index (χ3n) is 5.74. The number of nitrogens with zero attached hydrogens (tertiary/aromatic N) is 3. The summed E-state index contributed by atoms with van der Waals surface area (Å²) in [6.07, 6.45) is 1.45. The molecule has 4 rings (SSSR count). The predicted octanol–water partition coefficient (Wildman–Crippen LogP) is 2.43. The molecule has 37 heavy (non-hydrogen) atoms. The molecule has 192 valence electrons. The Morgan fingerprint density at radius 3 is 2.54 bits per heavy atom. The van der Waals surface area contributed by atoms with Gasteiger partial charge in [0.25, 0.3) is 5.56 Å². The predicted molar refractivity (Wildman–Crippen MR) is 135 cm³/mol. The lowest BCUT2D eigenvalue weighted by Gasteiger charge is -2.24. The van der Waals surface area contributed by atoms with Crippen LogP contribution in [0.3, 0.4) is 0 Å². The van der Waals surface area contributed by atoms with E-state index in [9.17, 15) is 24.8 Å². The quantitative estimate of drug-likeness (QED) is 0.282. The highest BCUT2D eigenvalue weighted by Gasteiger charge is 2.33. The number of nitro benzene ring substituents is 1. The lowest BCUT2D eigenvalue weighted by molar-refractivity contribution is -0.386. The van der Waals surface area contributed by atoms with Gasteiger partial charge in [-0.25, -0.2) is 9.79 Å². The Bertz CT molecular complexity index is 1600. The number of aromatic hydroxyl groups is 1. The van der Waals surface area contributed by atoms with Gasteiger partial charge in [0, 0.05) is 6.07 Å². The largest absolute Gasteiger partial charge is 0.500 e. The lowest BCUT2D eigenvalue weighted by Crippen LogP contribution is -2.39. The van der Waals surface area contributed by atoms with Crippen LogP contribution in [0.5, 0.6) is 17.2 Å². The Labute approximate surface area is 214 Å². The highest BCUT2D eigenvalue weighted by molar-refractivity contribution is 7.07. The van der Waals surface area contributed by atoms with Crippen molar-refractivity contribution >= 4 is 29.1 Å². The molecule has 1 atom stereocenters. The van der Waals surface area contributed by atoms with Gasteiger partial charge in [-0.3, -0.25) is 19.5 Å². The number of rotatable bonds is 7. The molecule has 0 fully saturated rings. The van der Waals surface area contributed by atoms with Gasteiger partial charge in [0.05, 0.1) is 47.6 Å². The fourth-order valence-corrected chi connectivity index (χ4v) is 5.08. The highest BCUT2D eigenvalue weighted by atomic mass is 32.1. The molecular weight excluding hydrogens is 502 g/mol. The molecule has 1 aromatic heterocycles. The molecule has 0 aliphatic carbocycles. The molecule has 0 saturated heterocycles. The van der Waals surface area contributed by atoms with Crippen LogP contribution < -0.4 is 24.4 Å². The number of methoxy groups -OCH3 is 2. The Hall–Kier alpha value is -4.45. The van der Waals surface area contributed by atoms with E-state index in [1.165, 1.54) is 30.9 Å². The minimum Gasteiger partial charge on any atom is -0.500 e. The van der Waals surface area contributed by atoms with Crippen molar-refractivity contribution in [2.24, 2.45) is 4.99 Å². The molecule has 2 heterocycles. The summed E-state index contributed by atoms with van der Waals surface area (Å²) in [5, 5.41) is 21.5. The number of hydrogen-bond acceptors (Lipinski definition) is 10. The van der Waals surface area contributed by atoms with Gasteiger partial charge in [-0.2, -0.15) is 0 Å². The minimum absolute atomic E-state index is 0.107. The Balaban J connectivity index is 1.95. The summed E-state index contributed by atoms with van der Waals surface area (Å²) in [7, 11) is 2.81. The van der Waals surface area contributed by atoms with Crippen molar-refractivity contribution in [3.05, 3.63) is 88.6 Å². The maximum atomic E-state index is 13.7. The van der Waals surface area contributed by atoms with Crippen molar-refractivity contribution in [1.29, 1.82) is 0 Å². The van der Waals surface area contributed by atoms with E-state index in [1.807, 2.05) is 0 Å². The number of esters is 1. The number of benzene rings is 2. The summed E-state index contributed by atoms with van der Waals surface area (Å²) in [4.78, 5) is 42.1. The number of phenols is 1. The number of thiazole rings is 1. The Kier molecular flexibility index (Phi) is 7.11. The normalized spacial score (nSPS) is 15.1. The van der Waals surface area contributed by atoms with Crippen molar-refractivity contribution in [2.45, 2.75) is 19.9 Å². The highest BCUT2D eigenvalue weighted by Crippen LogP contribution is 2.37. The van der Waals surface area contributed by atoms with Crippen LogP contribution in [-0.2, 0) is 9.53 Å². The first-order chi connectivity index (χ1) is 17.7. The molecule has 12 heteroatoms. The van der Waals surface area contributed by atoms with Crippen molar-refractivity contribution in [2.75, 3.05) is 20.8 Å². The van der Waals surface area contributed by atoms with Gasteiger partial charge in [-0.15, -0.1) is 0 Å². The summed E-state index contributed by atoms with van der Waals surface area (Å²) in [6, 6.07) is 8.69. The van der Waals surface area contributed by atoms with Gasteiger partial charge < -0.3 is 19.3 Å². The fourth-order valence-electron chi connectivity index (χ4n) is 4.04. The summed E-state index contributed by atoms with van der Waals surface area (Å²) >= 11 is 1.07. The summed E-state index contributed by atoms with van der Waals surface area (Å²) in [5.41, 5.74) is 0.548. The molecular formula is C25H23N3O8S. The standard InChI is InChI=1S/C25H23N3O8S/c1-5-36-24(31)20-13(2)26-25-27(21(20)15-6-8-16(34-3)9-7-15)23(30)19(37-25)12-14-10-17(28(32)33)22(29)18(11-14)35-4/h6-12,21,29H,5H2,1-4H3/b19-12-/t21-/m0/s1. The molecule has 0 radical (unpaired) electrons. The van der Waals surface area contributed by atoms with Gasteiger partial charge in [-0.05, 0) is 49.2 Å². The van der Waals surface area contributed by atoms with Crippen molar-refractivity contribution in [1.82, 2.24) is 4.57 Å². The van der Waals surface area contributed by atoms with Gasteiger partial charge in [0.15, 0.2) is 10.6 Å². The van der Waals surface area contributed by atoms with E-state index in [2.05, 4.69) is 4.99 Å². The molecule has 0 spiro atoms. The number of carbonyl (C=O) groups is 1. The molecule has 0 bridgehead atoms. The van der Waals surface area contributed by atoms with Gasteiger partial charge >= 0.3 is 11.7 Å². The number of allylic oxidation sites excluding steroid dienone is 1. The molecule has 0 amide bonds. The molecule has 3 aromatic rings. The van der Waals surface area contributed by atoms with E-state index < -0.39 is 33.9 Å². The van der Waals surface area contributed by atoms with E-state index in [0.717, 1.165) is 17.4 Å². The number of carbonyl (C=O) groups excluding carboxylic acids is 1. The molecule has 11 nitrogen and oxygen atoms in total. The minimum atomic E-state index is -0.813. The smallest absolute Gasteiger partial charge is 0.338 e.